The Hall–Kier alpha value is -2.77. The second-order valence-electron chi connectivity index (χ2n) is 8.19. The molecule has 0 amide bonds. The monoisotopic (exact) mass is 401 g/mol. The van der Waals surface area contributed by atoms with Gasteiger partial charge in [0.25, 0.3) is 5.56 Å². The molecule has 1 aromatic carbocycles. The van der Waals surface area contributed by atoms with Crippen LogP contribution in [0.2, 0.25) is 0 Å². The number of methoxy groups -OCH3 is 2. The fraction of sp³-hybridized carbons (Fsp3) is 0.571. The van der Waals surface area contributed by atoms with Crippen LogP contribution in [0.25, 0.3) is 10.9 Å². The van der Waals surface area contributed by atoms with Crippen molar-refractivity contribution in [1.82, 2.24) is 9.97 Å². The number of ether oxygens (including phenoxy) is 2. The lowest BCUT2D eigenvalue weighted by Gasteiger charge is -2.42. The fourth-order valence-corrected chi connectivity index (χ4v) is 4.50. The van der Waals surface area contributed by atoms with Gasteiger partial charge in [-0.1, -0.05) is 19.3 Å². The topological polar surface area (TPSA) is 105 Å². The molecule has 0 bridgehead atoms. The normalized spacial score (nSPS) is 19.0. The number of nitrogens with zero attached hydrogens (tertiary/aromatic N) is 2. The van der Waals surface area contributed by atoms with E-state index in [9.17, 15) is 14.7 Å². The Morgan fingerprint density at radius 2 is 1.90 bits per heavy atom. The van der Waals surface area contributed by atoms with Gasteiger partial charge in [0.2, 0.25) is 5.95 Å². The molecule has 1 aliphatic heterocycles. The second kappa shape index (κ2) is 7.57. The highest BCUT2D eigenvalue weighted by atomic mass is 16.5. The predicted molar refractivity (Wildman–Crippen MR) is 109 cm³/mol. The van der Waals surface area contributed by atoms with Crippen LogP contribution in [0.1, 0.15) is 38.5 Å². The predicted octanol–water partition coefficient (Wildman–Crippen LogP) is 2.80. The van der Waals surface area contributed by atoms with Crippen LogP contribution in [0.5, 0.6) is 11.5 Å². The number of hydrogen-bond donors (Lipinski definition) is 2. The third-order valence-corrected chi connectivity index (χ3v) is 6.58. The third kappa shape index (κ3) is 3.52. The van der Waals surface area contributed by atoms with Crippen LogP contribution in [-0.4, -0.2) is 48.4 Å². The molecule has 2 fully saturated rings. The minimum atomic E-state index is -0.694. The number of piperidine rings is 1. The Morgan fingerprint density at radius 1 is 1.24 bits per heavy atom. The summed E-state index contributed by atoms with van der Waals surface area (Å²) < 4.78 is 10.6. The molecule has 8 heteroatoms. The Labute approximate surface area is 168 Å². The Kier molecular flexibility index (Phi) is 5.10. The highest BCUT2D eigenvalue weighted by molar-refractivity contribution is 5.83. The molecular formula is C21H27N3O5. The number of hydrogen-bond acceptors (Lipinski definition) is 6. The van der Waals surface area contributed by atoms with Crippen molar-refractivity contribution in [2.75, 3.05) is 32.2 Å². The largest absolute Gasteiger partial charge is 0.493 e. The minimum Gasteiger partial charge on any atom is -0.493 e. The van der Waals surface area contributed by atoms with E-state index in [1.165, 1.54) is 20.6 Å². The molecule has 1 saturated carbocycles. The number of carbonyl (C=O) groups is 1. The van der Waals surface area contributed by atoms with Crippen LogP contribution in [0, 0.1) is 11.3 Å². The third-order valence-electron chi connectivity index (χ3n) is 6.58. The van der Waals surface area contributed by atoms with Gasteiger partial charge in [-0.25, -0.2) is 4.98 Å². The first-order valence-electron chi connectivity index (χ1n) is 10.1. The number of aromatic nitrogens is 2. The number of rotatable bonds is 6. The van der Waals surface area contributed by atoms with Gasteiger partial charge in [0, 0.05) is 19.2 Å². The van der Waals surface area contributed by atoms with Gasteiger partial charge < -0.3 is 19.5 Å². The van der Waals surface area contributed by atoms with Gasteiger partial charge in [-0.15, -0.1) is 0 Å². The van der Waals surface area contributed by atoms with E-state index < -0.39 is 11.4 Å². The molecule has 1 aliphatic carbocycles. The summed E-state index contributed by atoms with van der Waals surface area (Å²) in [5, 5.41) is 10.3. The maximum atomic E-state index is 12.6. The summed E-state index contributed by atoms with van der Waals surface area (Å²) in [4.78, 5) is 34.1. The zero-order valence-corrected chi connectivity index (χ0v) is 16.9. The van der Waals surface area contributed by atoms with Crippen LogP contribution in [0.15, 0.2) is 16.9 Å². The van der Waals surface area contributed by atoms with Crippen molar-refractivity contribution in [3.8, 4) is 11.5 Å². The van der Waals surface area contributed by atoms with Crippen molar-refractivity contribution < 1.29 is 19.4 Å². The number of carboxylic acids is 1. The highest BCUT2D eigenvalue weighted by Crippen LogP contribution is 2.44. The molecule has 4 rings (SSSR count). The van der Waals surface area contributed by atoms with Crippen LogP contribution in [-0.2, 0) is 4.79 Å². The van der Waals surface area contributed by atoms with Crippen LogP contribution >= 0.6 is 0 Å². The molecule has 0 unspecified atom stereocenters. The number of H-pyrrole nitrogens is 1. The summed E-state index contributed by atoms with van der Waals surface area (Å²) in [5.74, 6) is 1.30. The van der Waals surface area contributed by atoms with Gasteiger partial charge in [0.15, 0.2) is 11.5 Å². The van der Waals surface area contributed by atoms with Gasteiger partial charge in [0.1, 0.15) is 0 Å². The Bertz CT molecular complexity index is 974. The van der Waals surface area contributed by atoms with Gasteiger partial charge in [-0.3, -0.25) is 14.6 Å². The maximum Gasteiger partial charge on any atom is 0.309 e. The molecule has 2 N–H and O–H groups in total. The van der Waals surface area contributed by atoms with Crippen molar-refractivity contribution in [1.29, 1.82) is 0 Å². The Balaban J connectivity index is 1.59. The summed E-state index contributed by atoms with van der Waals surface area (Å²) in [6.07, 6.45) is 5.38. The second-order valence-corrected chi connectivity index (χ2v) is 8.19. The van der Waals surface area contributed by atoms with Crippen molar-refractivity contribution in [3.05, 3.63) is 22.5 Å². The van der Waals surface area contributed by atoms with Crippen molar-refractivity contribution in [3.63, 3.8) is 0 Å². The minimum absolute atomic E-state index is 0.254. The SMILES string of the molecule is COc1cc2nc(N3CCC(CC4CCC4)(C(=O)O)CC3)[nH]c(=O)c2cc1OC. The first-order chi connectivity index (χ1) is 14.0. The molecule has 8 nitrogen and oxygen atoms in total. The number of carboxylic acid groups (broad SMARTS) is 1. The average Bonchev–Trinajstić information content (AvgIpc) is 2.70. The fourth-order valence-electron chi connectivity index (χ4n) is 4.50. The van der Waals surface area contributed by atoms with E-state index in [2.05, 4.69) is 9.97 Å². The number of benzene rings is 1. The first-order valence-corrected chi connectivity index (χ1v) is 10.1. The molecule has 0 atom stereocenters. The van der Waals surface area contributed by atoms with Gasteiger partial charge in [0.05, 0.1) is 30.5 Å². The number of aliphatic carboxylic acids is 1. The molecule has 2 aliphatic rings. The Morgan fingerprint density at radius 3 is 2.45 bits per heavy atom. The van der Waals surface area contributed by atoms with Crippen molar-refractivity contribution in [2.45, 2.75) is 38.5 Å². The van der Waals surface area contributed by atoms with Crippen molar-refractivity contribution >= 4 is 22.8 Å². The summed E-state index contributed by atoms with van der Waals surface area (Å²) in [6, 6.07) is 3.31. The van der Waals surface area contributed by atoms with Crippen LogP contribution in [0.3, 0.4) is 0 Å². The van der Waals surface area contributed by atoms with E-state index >= 15 is 0 Å². The van der Waals surface area contributed by atoms with E-state index in [-0.39, 0.29) is 5.56 Å². The van der Waals surface area contributed by atoms with E-state index in [1.807, 2.05) is 4.90 Å². The maximum absolute atomic E-state index is 12.6. The number of nitrogens with one attached hydrogen (secondary N) is 1. The first kappa shape index (κ1) is 19.5. The summed E-state index contributed by atoms with van der Waals surface area (Å²) in [6.45, 7) is 1.11. The van der Waals surface area contributed by atoms with E-state index in [1.54, 1.807) is 12.1 Å². The van der Waals surface area contributed by atoms with E-state index in [4.69, 9.17) is 9.47 Å². The summed E-state index contributed by atoms with van der Waals surface area (Å²) in [5.41, 5.74) is -0.392. The zero-order chi connectivity index (χ0) is 20.6. The van der Waals surface area contributed by atoms with Gasteiger partial charge in [-0.05, 0) is 31.2 Å². The lowest BCUT2D eigenvalue weighted by atomic mass is 9.67. The quantitative estimate of drug-likeness (QED) is 0.767. The zero-order valence-electron chi connectivity index (χ0n) is 16.9. The average molecular weight is 401 g/mol. The van der Waals surface area contributed by atoms with Crippen LogP contribution < -0.4 is 19.9 Å². The molecule has 0 radical (unpaired) electrons. The molecule has 2 heterocycles. The van der Waals surface area contributed by atoms with Crippen molar-refractivity contribution in [2.24, 2.45) is 11.3 Å². The number of aromatic amines is 1. The van der Waals surface area contributed by atoms with Gasteiger partial charge in [-0.2, -0.15) is 0 Å². The molecule has 1 aromatic heterocycles. The number of fused-ring (bicyclic) bond motifs is 1. The molecular weight excluding hydrogens is 374 g/mol. The molecule has 0 spiro atoms. The molecule has 29 heavy (non-hydrogen) atoms. The number of anilines is 1. The standard InChI is InChI=1S/C21H27N3O5/c1-28-16-10-14-15(11-17(16)29-2)22-20(23-18(14)25)24-8-6-21(7-9-24,19(26)27)12-13-4-3-5-13/h10-11,13H,3-9,12H2,1-2H3,(H,26,27)(H,22,23,25). The summed E-state index contributed by atoms with van der Waals surface area (Å²) >= 11 is 0. The molecule has 1 saturated heterocycles. The molecule has 2 aromatic rings. The summed E-state index contributed by atoms with van der Waals surface area (Å²) in [7, 11) is 3.06. The van der Waals surface area contributed by atoms with Gasteiger partial charge >= 0.3 is 5.97 Å². The van der Waals surface area contributed by atoms with E-state index in [0.29, 0.717) is 60.2 Å². The highest BCUT2D eigenvalue weighted by Gasteiger charge is 2.44. The lowest BCUT2D eigenvalue weighted by molar-refractivity contribution is -0.152. The smallest absolute Gasteiger partial charge is 0.309 e. The van der Waals surface area contributed by atoms with E-state index in [0.717, 1.165) is 19.3 Å². The lowest BCUT2D eigenvalue weighted by Crippen LogP contribution is -2.46. The molecule has 156 valence electrons. The van der Waals surface area contributed by atoms with Crippen LogP contribution in [0.4, 0.5) is 5.95 Å².